The van der Waals surface area contributed by atoms with Crippen LogP contribution in [0.15, 0.2) is 60.5 Å². The third-order valence-corrected chi connectivity index (χ3v) is 4.98. The predicted molar refractivity (Wildman–Crippen MR) is 106 cm³/mol. The Bertz CT molecular complexity index is 945. The molecule has 0 atom stereocenters. The van der Waals surface area contributed by atoms with Gasteiger partial charge in [-0.25, -0.2) is 4.98 Å². The normalized spacial score (nSPS) is 15.1. The zero-order valence-electron chi connectivity index (χ0n) is 14.8. The molecule has 1 aliphatic rings. The van der Waals surface area contributed by atoms with Gasteiger partial charge in [0.25, 0.3) is 0 Å². The second kappa shape index (κ2) is 6.60. The van der Waals surface area contributed by atoms with Gasteiger partial charge < -0.3 is 9.88 Å². The van der Waals surface area contributed by atoms with Gasteiger partial charge in [0.1, 0.15) is 5.65 Å². The van der Waals surface area contributed by atoms with E-state index in [1.807, 2.05) is 12.4 Å². The highest BCUT2D eigenvalue weighted by Crippen LogP contribution is 2.28. The molecule has 0 aliphatic carbocycles. The van der Waals surface area contributed by atoms with Crippen molar-refractivity contribution in [3.63, 3.8) is 0 Å². The Morgan fingerprint density at radius 3 is 2.68 bits per heavy atom. The van der Waals surface area contributed by atoms with E-state index in [4.69, 9.17) is 0 Å². The van der Waals surface area contributed by atoms with Crippen molar-refractivity contribution in [3.8, 4) is 0 Å². The number of nitrogens with zero attached hydrogens (tertiary/aromatic N) is 2. The highest BCUT2D eigenvalue weighted by atomic mass is 15.1. The molecule has 3 heteroatoms. The number of aromatic nitrogens is 2. The van der Waals surface area contributed by atoms with Gasteiger partial charge in [0.2, 0.25) is 0 Å². The van der Waals surface area contributed by atoms with Gasteiger partial charge in [-0.2, -0.15) is 0 Å². The number of allylic oxidation sites excluding steroid dienone is 1. The first-order valence-electron chi connectivity index (χ1n) is 8.82. The number of hydrogen-bond acceptors (Lipinski definition) is 2. The molecule has 0 bridgehead atoms. The Morgan fingerprint density at radius 2 is 1.92 bits per heavy atom. The number of hydrogen-bond donors (Lipinski definition) is 1. The number of benzene rings is 1. The number of anilines is 1. The Morgan fingerprint density at radius 1 is 1.08 bits per heavy atom. The highest BCUT2D eigenvalue weighted by Gasteiger charge is 2.15. The monoisotopic (exact) mass is 329 g/mol. The maximum absolute atomic E-state index is 4.55. The van der Waals surface area contributed by atoms with Crippen LogP contribution in [0.4, 0.5) is 5.69 Å². The van der Waals surface area contributed by atoms with Crippen molar-refractivity contribution in [1.29, 1.82) is 0 Å². The summed E-state index contributed by atoms with van der Waals surface area (Å²) >= 11 is 0. The Balaban J connectivity index is 1.49. The predicted octanol–water partition coefficient (Wildman–Crippen LogP) is 5.03. The molecule has 0 amide bonds. The highest BCUT2D eigenvalue weighted by molar-refractivity contribution is 5.84. The van der Waals surface area contributed by atoms with E-state index in [9.17, 15) is 0 Å². The van der Waals surface area contributed by atoms with Gasteiger partial charge in [-0.3, -0.25) is 0 Å². The van der Waals surface area contributed by atoms with Gasteiger partial charge in [-0.05, 0) is 43.0 Å². The molecule has 1 N–H and O–H groups in total. The second-order valence-electron chi connectivity index (χ2n) is 6.73. The molecule has 3 aromatic rings. The van der Waals surface area contributed by atoms with E-state index in [0.29, 0.717) is 0 Å². The summed E-state index contributed by atoms with van der Waals surface area (Å²) in [5.74, 6) is 0. The Labute approximate surface area is 148 Å². The molecular formula is C22H23N3. The molecule has 25 heavy (non-hydrogen) atoms. The maximum atomic E-state index is 4.55. The minimum absolute atomic E-state index is 0.937. The average Bonchev–Trinajstić information content (AvgIpc) is 3.12. The lowest BCUT2D eigenvalue weighted by Crippen LogP contribution is -2.29. The molecule has 3 nitrogen and oxygen atoms in total. The largest absolute Gasteiger partial charge is 0.366 e. The van der Waals surface area contributed by atoms with E-state index in [1.165, 1.54) is 33.3 Å². The lowest BCUT2D eigenvalue weighted by molar-refractivity contribution is 0.797. The van der Waals surface area contributed by atoms with Crippen LogP contribution in [0, 0.1) is 13.8 Å². The van der Waals surface area contributed by atoms with E-state index in [1.54, 1.807) is 0 Å². The third-order valence-electron chi connectivity index (χ3n) is 4.98. The molecule has 3 heterocycles. The number of pyridine rings is 1. The minimum Gasteiger partial charge on any atom is -0.366 e. The van der Waals surface area contributed by atoms with Crippen molar-refractivity contribution in [3.05, 3.63) is 77.1 Å². The fraction of sp³-hybridized carbons (Fsp3) is 0.227. The molecule has 126 valence electrons. The number of aromatic amines is 1. The standard InChI is InChI=1S/C22H23N3/c1-16-3-5-18(6-4-16)7-8-19-10-13-25(14-11-19)21-15-24-22-20(17(21)2)9-12-23-22/h3-10,12,15H,11,13-14H2,1-2H3,(H,23,24). The van der Waals surface area contributed by atoms with Crippen LogP contribution in [-0.2, 0) is 0 Å². The van der Waals surface area contributed by atoms with Gasteiger partial charge >= 0.3 is 0 Å². The van der Waals surface area contributed by atoms with Crippen molar-refractivity contribution >= 4 is 22.8 Å². The van der Waals surface area contributed by atoms with Crippen molar-refractivity contribution in [2.45, 2.75) is 20.3 Å². The smallest absolute Gasteiger partial charge is 0.137 e. The molecule has 2 aromatic heterocycles. The molecule has 0 radical (unpaired) electrons. The summed E-state index contributed by atoms with van der Waals surface area (Å²) in [4.78, 5) is 10.1. The number of H-pyrrole nitrogens is 1. The van der Waals surface area contributed by atoms with Crippen LogP contribution in [-0.4, -0.2) is 23.1 Å². The molecule has 4 rings (SSSR count). The minimum atomic E-state index is 0.937. The quantitative estimate of drug-likeness (QED) is 0.731. The Kier molecular flexibility index (Phi) is 4.14. The van der Waals surface area contributed by atoms with Crippen LogP contribution in [0.5, 0.6) is 0 Å². The summed E-state index contributed by atoms with van der Waals surface area (Å²) in [5.41, 5.74) is 7.48. The van der Waals surface area contributed by atoms with Gasteiger partial charge in [0.15, 0.2) is 0 Å². The summed E-state index contributed by atoms with van der Waals surface area (Å²) in [6.07, 6.45) is 11.8. The van der Waals surface area contributed by atoms with Crippen LogP contribution in [0.25, 0.3) is 17.1 Å². The Hall–Kier alpha value is -2.81. The van der Waals surface area contributed by atoms with Crippen LogP contribution >= 0.6 is 0 Å². The number of rotatable bonds is 3. The third kappa shape index (κ3) is 3.22. The SMILES string of the molecule is Cc1ccc(C=CC2=CCN(c3cnc4[nH]ccc4c3C)CC2)cc1. The fourth-order valence-corrected chi connectivity index (χ4v) is 3.39. The number of aryl methyl sites for hydroxylation is 2. The van der Waals surface area contributed by atoms with Crippen molar-refractivity contribution < 1.29 is 0 Å². The van der Waals surface area contributed by atoms with Gasteiger partial charge in [-0.15, -0.1) is 0 Å². The summed E-state index contributed by atoms with van der Waals surface area (Å²) in [7, 11) is 0. The van der Waals surface area contributed by atoms with E-state index in [0.717, 1.165) is 25.2 Å². The molecule has 0 unspecified atom stereocenters. The number of fused-ring (bicyclic) bond motifs is 1. The van der Waals surface area contributed by atoms with Crippen LogP contribution in [0.3, 0.4) is 0 Å². The van der Waals surface area contributed by atoms with Gasteiger partial charge in [0.05, 0.1) is 11.9 Å². The first kappa shape index (κ1) is 15.7. The van der Waals surface area contributed by atoms with Crippen LogP contribution in [0.2, 0.25) is 0 Å². The summed E-state index contributed by atoms with van der Waals surface area (Å²) in [6, 6.07) is 10.8. The molecule has 0 saturated carbocycles. The first-order valence-corrected chi connectivity index (χ1v) is 8.82. The van der Waals surface area contributed by atoms with Crippen LogP contribution in [0.1, 0.15) is 23.1 Å². The second-order valence-corrected chi connectivity index (χ2v) is 6.73. The van der Waals surface area contributed by atoms with Gasteiger partial charge in [0, 0.05) is 24.7 Å². The van der Waals surface area contributed by atoms with Gasteiger partial charge in [-0.1, -0.05) is 48.1 Å². The lowest BCUT2D eigenvalue weighted by Gasteiger charge is -2.29. The van der Waals surface area contributed by atoms with E-state index in [-0.39, 0.29) is 0 Å². The topological polar surface area (TPSA) is 31.9 Å². The number of nitrogens with one attached hydrogen (secondary N) is 1. The molecule has 1 aromatic carbocycles. The molecule has 0 saturated heterocycles. The fourth-order valence-electron chi connectivity index (χ4n) is 3.39. The molecule has 1 aliphatic heterocycles. The molecular weight excluding hydrogens is 306 g/mol. The summed E-state index contributed by atoms with van der Waals surface area (Å²) < 4.78 is 0. The van der Waals surface area contributed by atoms with Crippen molar-refractivity contribution in [2.75, 3.05) is 18.0 Å². The first-order chi connectivity index (χ1) is 12.2. The lowest BCUT2D eigenvalue weighted by atomic mass is 10.0. The van der Waals surface area contributed by atoms with E-state index >= 15 is 0 Å². The zero-order chi connectivity index (χ0) is 17.2. The summed E-state index contributed by atoms with van der Waals surface area (Å²) in [5, 5.41) is 1.21. The summed E-state index contributed by atoms with van der Waals surface area (Å²) in [6.45, 7) is 6.27. The maximum Gasteiger partial charge on any atom is 0.137 e. The van der Waals surface area contributed by atoms with E-state index in [2.05, 4.69) is 77.3 Å². The molecule has 0 spiro atoms. The van der Waals surface area contributed by atoms with Crippen molar-refractivity contribution in [2.24, 2.45) is 0 Å². The van der Waals surface area contributed by atoms with Crippen LogP contribution < -0.4 is 4.90 Å². The van der Waals surface area contributed by atoms with E-state index < -0.39 is 0 Å². The molecule has 0 fully saturated rings. The zero-order valence-corrected chi connectivity index (χ0v) is 14.8. The van der Waals surface area contributed by atoms with Crippen molar-refractivity contribution in [1.82, 2.24) is 9.97 Å². The average molecular weight is 329 g/mol.